The summed E-state index contributed by atoms with van der Waals surface area (Å²) in [6, 6.07) is 5.90. The lowest BCUT2D eigenvalue weighted by Crippen LogP contribution is -2.17. The first-order valence-electron chi connectivity index (χ1n) is 3.81. The molecule has 1 aromatic carbocycles. The molecular formula is C9H12ClF2N. The van der Waals surface area contributed by atoms with E-state index in [0.29, 0.717) is 5.56 Å². The molecular weight excluding hydrogens is 196 g/mol. The molecule has 4 heteroatoms. The van der Waals surface area contributed by atoms with E-state index in [2.05, 4.69) is 0 Å². The summed E-state index contributed by atoms with van der Waals surface area (Å²) in [5.41, 5.74) is 5.74. The van der Waals surface area contributed by atoms with E-state index in [9.17, 15) is 8.78 Å². The van der Waals surface area contributed by atoms with Crippen molar-refractivity contribution in [2.45, 2.75) is 12.6 Å². The Bertz CT molecular complexity index is 255. The summed E-state index contributed by atoms with van der Waals surface area (Å²) < 4.78 is 25.3. The van der Waals surface area contributed by atoms with Crippen molar-refractivity contribution in [2.24, 2.45) is 5.73 Å². The second kappa shape index (κ2) is 5.89. The molecule has 1 aromatic rings. The van der Waals surface area contributed by atoms with Crippen molar-refractivity contribution in [3.05, 3.63) is 35.6 Å². The third kappa shape index (κ3) is 4.20. The minimum Gasteiger partial charge on any atom is -0.328 e. The van der Waals surface area contributed by atoms with Crippen LogP contribution in [0.2, 0.25) is 0 Å². The lowest BCUT2D eigenvalue weighted by Gasteiger charge is -2.04. The fraction of sp³-hybridized carbons (Fsp3) is 0.333. The molecule has 0 saturated heterocycles. The first kappa shape index (κ1) is 12.3. The molecule has 0 aliphatic carbocycles. The molecule has 1 nitrogen and oxygen atoms in total. The molecule has 0 radical (unpaired) electrons. The van der Waals surface area contributed by atoms with Crippen LogP contribution in [0.15, 0.2) is 24.3 Å². The number of benzene rings is 1. The Morgan fingerprint density at radius 2 is 2.08 bits per heavy atom. The van der Waals surface area contributed by atoms with Gasteiger partial charge in [0.1, 0.15) is 12.0 Å². The predicted octanol–water partition coefficient (Wildman–Crippen LogP) is 2.09. The molecule has 0 bridgehead atoms. The topological polar surface area (TPSA) is 26.0 Å². The van der Waals surface area contributed by atoms with Crippen LogP contribution in [0.3, 0.4) is 0 Å². The first-order valence-corrected chi connectivity index (χ1v) is 3.81. The van der Waals surface area contributed by atoms with Gasteiger partial charge in [0.25, 0.3) is 0 Å². The summed E-state index contributed by atoms with van der Waals surface area (Å²) in [6.07, 6.45) is -0.888. The minimum atomic E-state index is -1.08. The molecule has 2 N–H and O–H groups in total. The quantitative estimate of drug-likeness (QED) is 0.807. The van der Waals surface area contributed by atoms with Crippen molar-refractivity contribution in [3.63, 3.8) is 0 Å². The van der Waals surface area contributed by atoms with Crippen molar-refractivity contribution in [1.82, 2.24) is 0 Å². The van der Waals surface area contributed by atoms with Crippen LogP contribution in [0.5, 0.6) is 0 Å². The Kier molecular flexibility index (Phi) is 5.58. The lowest BCUT2D eigenvalue weighted by molar-refractivity contribution is 0.340. The second-order valence-corrected chi connectivity index (χ2v) is 2.67. The van der Waals surface area contributed by atoms with Crippen LogP contribution in [-0.4, -0.2) is 12.7 Å². The van der Waals surface area contributed by atoms with Gasteiger partial charge in [-0.05, 0) is 17.7 Å². The maximum absolute atomic E-state index is 12.7. The van der Waals surface area contributed by atoms with Gasteiger partial charge in [-0.3, -0.25) is 0 Å². The molecule has 0 aliphatic rings. The van der Waals surface area contributed by atoms with Gasteiger partial charge in [-0.2, -0.15) is 0 Å². The summed E-state index contributed by atoms with van der Waals surface area (Å²) in [6.45, 7) is -0.0173. The monoisotopic (exact) mass is 207 g/mol. The first-order chi connectivity index (χ1) is 5.72. The molecule has 1 rings (SSSR count). The SMILES string of the molecule is Cl.NCC(F)Cc1cccc(F)c1. The molecule has 0 amide bonds. The molecule has 0 spiro atoms. The number of nitrogens with two attached hydrogens (primary N) is 1. The summed E-state index contributed by atoms with van der Waals surface area (Å²) in [5.74, 6) is -0.336. The summed E-state index contributed by atoms with van der Waals surface area (Å²) in [5, 5.41) is 0. The van der Waals surface area contributed by atoms with E-state index in [1.54, 1.807) is 12.1 Å². The molecule has 1 atom stereocenters. The van der Waals surface area contributed by atoms with Crippen molar-refractivity contribution < 1.29 is 8.78 Å². The third-order valence-corrected chi connectivity index (χ3v) is 1.60. The molecule has 74 valence electrons. The fourth-order valence-corrected chi connectivity index (χ4v) is 1.00. The Labute approximate surface area is 82.4 Å². The Morgan fingerprint density at radius 1 is 1.38 bits per heavy atom. The highest BCUT2D eigenvalue weighted by Gasteiger charge is 2.04. The van der Waals surface area contributed by atoms with Gasteiger partial charge < -0.3 is 5.73 Å². The van der Waals surface area contributed by atoms with Crippen LogP contribution in [0.25, 0.3) is 0 Å². The van der Waals surface area contributed by atoms with Crippen LogP contribution >= 0.6 is 12.4 Å². The highest BCUT2D eigenvalue weighted by molar-refractivity contribution is 5.85. The van der Waals surface area contributed by atoms with E-state index in [0.717, 1.165) is 0 Å². The Hall–Kier alpha value is -0.670. The number of hydrogen-bond donors (Lipinski definition) is 1. The maximum Gasteiger partial charge on any atom is 0.123 e. The van der Waals surface area contributed by atoms with E-state index >= 15 is 0 Å². The highest BCUT2D eigenvalue weighted by Crippen LogP contribution is 2.07. The molecule has 0 aliphatic heterocycles. The molecule has 0 aromatic heterocycles. The van der Waals surface area contributed by atoms with Crippen LogP contribution in [0.1, 0.15) is 5.56 Å². The second-order valence-electron chi connectivity index (χ2n) is 2.67. The largest absolute Gasteiger partial charge is 0.328 e. The van der Waals surface area contributed by atoms with Crippen LogP contribution in [-0.2, 0) is 6.42 Å². The zero-order valence-corrected chi connectivity index (χ0v) is 7.86. The van der Waals surface area contributed by atoms with Gasteiger partial charge >= 0.3 is 0 Å². The van der Waals surface area contributed by atoms with Crippen molar-refractivity contribution >= 4 is 12.4 Å². The molecule has 13 heavy (non-hydrogen) atoms. The van der Waals surface area contributed by atoms with Crippen LogP contribution in [0, 0.1) is 5.82 Å². The zero-order valence-electron chi connectivity index (χ0n) is 7.04. The van der Waals surface area contributed by atoms with Gasteiger partial charge in [-0.1, -0.05) is 12.1 Å². The Balaban J connectivity index is 0.00000144. The average Bonchev–Trinajstić information content (AvgIpc) is 2.04. The number of alkyl halides is 1. The number of rotatable bonds is 3. The smallest absolute Gasteiger partial charge is 0.123 e. The number of halogens is 3. The normalized spacial score (nSPS) is 11.9. The van der Waals surface area contributed by atoms with Crippen molar-refractivity contribution in [2.75, 3.05) is 6.54 Å². The number of hydrogen-bond acceptors (Lipinski definition) is 1. The fourth-order valence-electron chi connectivity index (χ4n) is 1.00. The lowest BCUT2D eigenvalue weighted by atomic mass is 10.1. The van der Waals surface area contributed by atoms with Gasteiger partial charge in [0.05, 0.1) is 0 Å². The standard InChI is InChI=1S/C9H11F2N.ClH/c10-8-3-1-2-7(4-8)5-9(11)6-12;/h1-4,9H,5-6,12H2;1H. The maximum atomic E-state index is 12.7. The zero-order chi connectivity index (χ0) is 8.97. The highest BCUT2D eigenvalue weighted by atomic mass is 35.5. The van der Waals surface area contributed by atoms with E-state index < -0.39 is 6.17 Å². The average molecular weight is 208 g/mol. The van der Waals surface area contributed by atoms with Gasteiger partial charge in [0.15, 0.2) is 0 Å². The predicted molar refractivity (Wildman–Crippen MR) is 51.3 cm³/mol. The molecule has 0 heterocycles. The summed E-state index contributed by atoms with van der Waals surface area (Å²) >= 11 is 0. The van der Waals surface area contributed by atoms with Gasteiger partial charge in [0.2, 0.25) is 0 Å². The van der Waals surface area contributed by atoms with Crippen molar-refractivity contribution in [3.8, 4) is 0 Å². The van der Waals surface area contributed by atoms with Gasteiger partial charge in [-0.15, -0.1) is 12.4 Å². The van der Waals surface area contributed by atoms with E-state index in [-0.39, 0.29) is 31.2 Å². The van der Waals surface area contributed by atoms with E-state index in [1.807, 2.05) is 0 Å². The van der Waals surface area contributed by atoms with Gasteiger partial charge in [0, 0.05) is 13.0 Å². The molecule has 0 fully saturated rings. The Morgan fingerprint density at radius 3 is 2.62 bits per heavy atom. The minimum absolute atomic E-state index is 0. The van der Waals surface area contributed by atoms with E-state index in [1.165, 1.54) is 12.1 Å². The van der Waals surface area contributed by atoms with Crippen LogP contribution < -0.4 is 5.73 Å². The molecule has 0 saturated carbocycles. The van der Waals surface area contributed by atoms with E-state index in [4.69, 9.17) is 5.73 Å². The third-order valence-electron chi connectivity index (χ3n) is 1.60. The van der Waals surface area contributed by atoms with Gasteiger partial charge in [-0.25, -0.2) is 8.78 Å². The van der Waals surface area contributed by atoms with Crippen molar-refractivity contribution in [1.29, 1.82) is 0 Å². The molecule has 1 unspecified atom stereocenters. The summed E-state index contributed by atoms with van der Waals surface area (Å²) in [4.78, 5) is 0. The van der Waals surface area contributed by atoms with Crippen LogP contribution in [0.4, 0.5) is 8.78 Å². The summed E-state index contributed by atoms with van der Waals surface area (Å²) in [7, 11) is 0.